The zero-order valence-corrected chi connectivity index (χ0v) is 30.1. The van der Waals surface area contributed by atoms with Crippen molar-refractivity contribution >= 4 is 46.7 Å². The van der Waals surface area contributed by atoms with Crippen LogP contribution in [0.4, 0.5) is 10.5 Å². The molecular formula is C36H47N7O6S. The summed E-state index contributed by atoms with van der Waals surface area (Å²) in [5.41, 5.74) is 4.10. The summed E-state index contributed by atoms with van der Waals surface area (Å²) in [6.45, 7) is 11.7. The molecule has 1 fully saturated rings. The highest BCUT2D eigenvalue weighted by molar-refractivity contribution is 7.07. The molecule has 1 aromatic heterocycles. The Hall–Kier alpha value is -4.82. The smallest absolute Gasteiger partial charge is 0.414 e. The molecule has 4 rings (SSSR count). The minimum atomic E-state index is -0.692. The van der Waals surface area contributed by atoms with Crippen LogP contribution in [0.3, 0.4) is 0 Å². The normalized spacial score (nSPS) is 16.6. The predicted molar refractivity (Wildman–Crippen MR) is 192 cm³/mol. The number of rotatable bonds is 16. The van der Waals surface area contributed by atoms with Crippen molar-refractivity contribution < 1.29 is 28.7 Å². The second-order valence-corrected chi connectivity index (χ2v) is 13.5. The van der Waals surface area contributed by atoms with Gasteiger partial charge in [-0.1, -0.05) is 44.2 Å². The Labute approximate surface area is 296 Å². The Balaban J connectivity index is 1.55. The van der Waals surface area contributed by atoms with Crippen LogP contribution in [-0.4, -0.2) is 78.6 Å². The van der Waals surface area contributed by atoms with Crippen molar-refractivity contribution in [3.8, 4) is 0 Å². The van der Waals surface area contributed by atoms with Gasteiger partial charge in [0.1, 0.15) is 12.6 Å². The number of carbonyl (C=O) groups excluding carboxylic acids is 5. The van der Waals surface area contributed by atoms with Gasteiger partial charge in [0.15, 0.2) is 0 Å². The number of carbonyl (C=O) groups is 5. The average Bonchev–Trinajstić information content (AvgIpc) is 3.74. The standard InChI is InChI=1S/C36H47N7O6S/c1-7-37-35(47)31(21(2)3)42-32(44)24(6)38-17-28(16-29-19-50-20-39-29)41-34(46)27-13-26(14-30(15-27)43-22(4)18-49-36(43)48)33(45)40-23(5)25-11-9-8-10-12-25/h8-15,19-24,28,31,38H,7,16-18H2,1-6H3,(H,37,47)(H,40,45)(H,41,46)(H,42,44)/t22?,23-,24+,28+,31+/m1/s1. The molecule has 50 heavy (non-hydrogen) atoms. The van der Waals surface area contributed by atoms with Gasteiger partial charge in [-0.05, 0) is 57.4 Å². The van der Waals surface area contributed by atoms with Crippen LogP contribution < -0.4 is 31.5 Å². The molecule has 13 nitrogen and oxygen atoms in total. The highest BCUT2D eigenvalue weighted by atomic mass is 32.1. The molecule has 1 aliphatic rings. The fourth-order valence-corrected chi connectivity index (χ4v) is 6.11. The number of nitrogens with one attached hydrogen (secondary N) is 5. The summed E-state index contributed by atoms with van der Waals surface area (Å²) in [5.74, 6) is -1.62. The van der Waals surface area contributed by atoms with Gasteiger partial charge in [0.25, 0.3) is 11.8 Å². The number of thiazole rings is 1. The maximum absolute atomic E-state index is 13.9. The molecule has 2 heterocycles. The topological polar surface area (TPSA) is 171 Å². The number of likely N-dealkylation sites (N-methyl/N-ethyl adjacent to an activating group) is 1. The Morgan fingerprint density at radius 1 is 0.960 bits per heavy atom. The van der Waals surface area contributed by atoms with Gasteiger partial charge in [-0.3, -0.25) is 24.1 Å². The van der Waals surface area contributed by atoms with E-state index in [1.54, 1.807) is 24.6 Å². The fraction of sp³-hybridized carbons (Fsp3) is 0.444. The molecule has 3 aromatic rings. The van der Waals surface area contributed by atoms with Crippen LogP contribution in [0.15, 0.2) is 59.4 Å². The highest BCUT2D eigenvalue weighted by Gasteiger charge is 2.32. The van der Waals surface area contributed by atoms with Crippen molar-refractivity contribution in [2.75, 3.05) is 24.6 Å². The quantitative estimate of drug-likeness (QED) is 0.151. The van der Waals surface area contributed by atoms with E-state index in [-0.39, 0.29) is 54.1 Å². The summed E-state index contributed by atoms with van der Waals surface area (Å²) >= 11 is 1.43. The molecule has 1 unspecified atom stereocenters. The fourth-order valence-electron chi connectivity index (χ4n) is 5.54. The van der Waals surface area contributed by atoms with Crippen molar-refractivity contribution in [1.29, 1.82) is 0 Å². The molecule has 0 aliphatic carbocycles. The summed E-state index contributed by atoms with van der Waals surface area (Å²) in [6.07, 6.45) is -0.204. The average molecular weight is 706 g/mol. The number of benzene rings is 2. The van der Waals surface area contributed by atoms with Crippen LogP contribution in [0.5, 0.6) is 0 Å². The maximum Gasteiger partial charge on any atom is 0.414 e. The van der Waals surface area contributed by atoms with Gasteiger partial charge >= 0.3 is 6.09 Å². The van der Waals surface area contributed by atoms with Gasteiger partial charge in [0, 0.05) is 47.7 Å². The van der Waals surface area contributed by atoms with Crippen LogP contribution in [0.25, 0.3) is 0 Å². The second-order valence-electron chi connectivity index (χ2n) is 12.8. The molecule has 14 heteroatoms. The third kappa shape index (κ3) is 10.1. The Bertz CT molecular complexity index is 1630. The van der Waals surface area contributed by atoms with E-state index in [9.17, 15) is 24.0 Å². The first-order chi connectivity index (χ1) is 23.9. The second kappa shape index (κ2) is 17.7. The molecule has 268 valence electrons. The SMILES string of the molecule is CCNC(=O)[C@@H](NC(=O)[C@H](C)NC[C@H](Cc1cscn1)NC(=O)c1cc(C(=O)N[C@H](C)c2ccccc2)cc(N2C(=O)OCC2C)c1)C(C)C. The van der Waals surface area contributed by atoms with Crippen molar-refractivity contribution in [3.63, 3.8) is 0 Å². The number of ether oxygens (including phenoxy) is 1. The molecule has 2 aromatic carbocycles. The van der Waals surface area contributed by atoms with Gasteiger partial charge in [0.05, 0.1) is 29.3 Å². The van der Waals surface area contributed by atoms with E-state index in [0.717, 1.165) is 11.3 Å². The molecule has 5 atom stereocenters. The first-order valence-electron chi connectivity index (χ1n) is 16.8. The number of nitrogens with zero attached hydrogens (tertiary/aromatic N) is 2. The molecule has 0 spiro atoms. The lowest BCUT2D eigenvalue weighted by molar-refractivity contribution is -0.130. The van der Waals surface area contributed by atoms with Crippen molar-refractivity contribution in [3.05, 3.63) is 81.8 Å². The number of hydrogen-bond acceptors (Lipinski definition) is 9. The zero-order chi connectivity index (χ0) is 36.4. The van der Waals surface area contributed by atoms with E-state index in [4.69, 9.17) is 4.74 Å². The lowest BCUT2D eigenvalue weighted by atomic mass is 10.0. The van der Waals surface area contributed by atoms with Crippen LogP contribution in [0.1, 0.15) is 79.6 Å². The maximum atomic E-state index is 13.9. The van der Waals surface area contributed by atoms with E-state index in [1.165, 1.54) is 22.3 Å². The summed E-state index contributed by atoms with van der Waals surface area (Å²) in [4.78, 5) is 71.6. The zero-order valence-electron chi connectivity index (χ0n) is 29.3. The minimum Gasteiger partial charge on any atom is -0.447 e. The van der Waals surface area contributed by atoms with Crippen molar-refractivity contribution in [2.45, 2.75) is 78.2 Å². The number of amides is 5. The Morgan fingerprint density at radius 3 is 2.22 bits per heavy atom. The Kier molecular flexibility index (Phi) is 13.5. The number of anilines is 1. The molecule has 0 bridgehead atoms. The number of aromatic nitrogens is 1. The monoisotopic (exact) mass is 705 g/mol. The lowest BCUT2D eigenvalue weighted by Gasteiger charge is -2.25. The summed E-state index contributed by atoms with van der Waals surface area (Å²) < 4.78 is 5.23. The summed E-state index contributed by atoms with van der Waals surface area (Å²) in [6, 6.07) is 11.6. The molecule has 5 N–H and O–H groups in total. The molecule has 1 saturated heterocycles. The minimum absolute atomic E-state index is 0.121. The van der Waals surface area contributed by atoms with E-state index in [1.807, 2.05) is 70.3 Å². The van der Waals surface area contributed by atoms with Gasteiger partial charge in [0.2, 0.25) is 11.8 Å². The van der Waals surface area contributed by atoms with Crippen molar-refractivity contribution in [2.24, 2.45) is 5.92 Å². The van der Waals surface area contributed by atoms with Crippen LogP contribution in [-0.2, 0) is 20.7 Å². The number of cyclic esters (lactones) is 1. The van der Waals surface area contributed by atoms with E-state index in [2.05, 4.69) is 31.6 Å². The first kappa shape index (κ1) is 38.0. The third-order valence-corrected chi connectivity index (χ3v) is 9.02. The van der Waals surface area contributed by atoms with E-state index in [0.29, 0.717) is 18.7 Å². The van der Waals surface area contributed by atoms with Gasteiger partial charge in [-0.25, -0.2) is 9.78 Å². The summed E-state index contributed by atoms with van der Waals surface area (Å²) in [7, 11) is 0. The predicted octanol–water partition coefficient (Wildman–Crippen LogP) is 3.58. The molecule has 0 radical (unpaired) electrons. The van der Waals surface area contributed by atoms with Crippen LogP contribution >= 0.6 is 11.3 Å². The van der Waals surface area contributed by atoms with E-state index >= 15 is 0 Å². The van der Waals surface area contributed by atoms with E-state index < -0.39 is 36.0 Å². The third-order valence-electron chi connectivity index (χ3n) is 8.39. The molecular weight excluding hydrogens is 659 g/mol. The molecule has 0 saturated carbocycles. The van der Waals surface area contributed by atoms with Gasteiger partial charge in [-0.15, -0.1) is 11.3 Å². The molecule has 5 amide bonds. The largest absolute Gasteiger partial charge is 0.447 e. The van der Waals surface area contributed by atoms with Crippen LogP contribution in [0, 0.1) is 5.92 Å². The van der Waals surface area contributed by atoms with Gasteiger partial charge in [-0.2, -0.15) is 0 Å². The van der Waals surface area contributed by atoms with Gasteiger partial charge < -0.3 is 31.3 Å². The highest BCUT2D eigenvalue weighted by Crippen LogP contribution is 2.26. The lowest BCUT2D eigenvalue weighted by Crippen LogP contribution is -2.55. The first-order valence-corrected chi connectivity index (χ1v) is 17.8. The summed E-state index contributed by atoms with van der Waals surface area (Å²) in [5, 5.41) is 16.7. The number of hydrogen-bond donors (Lipinski definition) is 5. The van der Waals surface area contributed by atoms with Crippen molar-refractivity contribution in [1.82, 2.24) is 31.6 Å². The van der Waals surface area contributed by atoms with Crippen LogP contribution in [0.2, 0.25) is 0 Å². The Morgan fingerprint density at radius 2 is 1.64 bits per heavy atom. The molecule has 1 aliphatic heterocycles.